The first kappa shape index (κ1) is 14.9. The molecule has 4 nitrogen and oxygen atoms in total. The lowest BCUT2D eigenvalue weighted by Crippen LogP contribution is -2.18. The van der Waals surface area contributed by atoms with Gasteiger partial charge in [-0.2, -0.15) is 0 Å². The van der Waals surface area contributed by atoms with E-state index in [1.165, 1.54) is 0 Å². The Bertz CT molecular complexity index is 574. The fraction of sp³-hybridized carbons (Fsp3) is 0.562. The van der Waals surface area contributed by atoms with Crippen LogP contribution in [-0.2, 0) is 6.54 Å². The van der Waals surface area contributed by atoms with E-state index in [2.05, 4.69) is 31.4 Å². The van der Waals surface area contributed by atoms with Crippen molar-refractivity contribution in [3.63, 3.8) is 0 Å². The number of benzene rings is 1. The molecule has 2 N–H and O–H groups in total. The normalized spacial score (nSPS) is 13.1. The number of hydrogen-bond acceptors (Lipinski definition) is 3. The minimum absolute atomic E-state index is 0.0158. The first-order chi connectivity index (χ1) is 9.56. The maximum atomic E-state index is 6.32. The van der Waals surface area contributed by atoms with Gasteiger partial charge in [-0.05, 0) is 38.3 Å². The predicted octanol–water partition coefficient (Wildman–Crippen LogP) is 3.50. The summed E-state index contributed by atoms with van der Waals surface area (Å²) in [6.07, 6.45) is 0.946. The van der Waals surface area contributed by atoms with Crippen molar-refractivity contribution in [2.45, 2.75) is 46.7 Å². The van der Waals surface area contributed by atoms with Crippen LogP contribution in [0.5, 0.6) is 5.75 Å². The van der Waals surface area contributed by atoms with Crippen molar-refractivity contribution in [2.75, 3.05) is 6.61 Å². The van der Waals surface area contributed by atoms with Crippen LogP contribution >= 0.6 is 0 Å². The van der Waals surface area contributed by atoms with Crippen molar-refractivity contribution < 1.29 is 4.74 Å². The van der Waals surface area contributed by atoms with E-state index in [1.807, 2.05) is 19.1 Å². The van der Waals surface area contributed by atoms with Crippen molar-refractivity contribution in [1.82, 2.24) is 9.55 Å². The Balaban J connectivity index is 2.44. The van der Waals surface area contributed by atoms with E-state index in [1.54, 1.807) is 0 Å². The molecule has 1 heterocycles. The molecule has 0 amide bonds. The third-order valence-electron chi connectivity index (χ3n) is 3.43. The molecule has 0 spiro atoms. The molecule has 4 heteroatoms. The smallest absolute Gasteiger partial charge is 0.126 e. The Labute approximate surface area is 120 Å². The molecule has 110 valence electrons. The Morgan fingerprint density at radius 1 is 1.30 bits per heavy atom. The van der Waals surface area contributed by atoms with Gasteiger partial charge in [-0.1, -0.05) is 13.8 Å². The average Bonchev–Trinajstić information content (AvgIpc) is 2.76. The van der Waals surface area contributed by atoms with Crippen LogP contribution in [0.1, 0.15) is 46.0 Å². The SMILES string of the molecule is CCOc1ccc2c(c1)nc(C(N)CC(C)C)n2CC. The molecular formula is C16H25N3O. The highest BCUT2D eigenvalue weighted by Gasteiger charge is 2.17. The molecule has 1 aromatic carbocycles. The highest BCUT2D eigenvalue weighted by atomic mass is 16.5. The van der Waals surface area contributed by atoms with Gasteiger partial charge < -0.3 is 15.0 Å². The van der Waals surface area contributed by atoms with Gasteiger partial charge in [-0.25, -0.2) is 4.98 Å². The first-order valence-corrected chi connectivity index (χ1v) is 7.45. The van der Waals surface area contributed by atoms with E-state index < -0.39 is 0 Å². The molecule has 0 bridgehead atoms. The molecule has 0 radical (unpaired) electrons. The van der Waals surface area contributed by atoms with Gasteiger partial charge in [0.15, 0.2) is 0 Å². The van der Waals surface area contributed by atoms with Crippen LogP contribution in [0.2, 0.25) is 0 Å². The highest BCUT2D eigenvalue weighted by Crippen LogP contribution is 2.26. The average molecular weight is 275 g/mol. The van der Waals surface area contributed by atoms with Gasteiger partial charge >= 0.3 is 0 Å². The maximum Gasteiger partial charge on any atom is 0.126 e. The van der Waals surface area contributed by atoms with Crippen LogP contribution in [0.3, 0.4) is 0 Å². The minimum atomic E-state index is -0.0158. The monoisotopic (exact) mass is 275 g/mol. The van der Waals surface area contributed by atoms with E-state index in [4.69, 9.17) is 15.5 Å². The fourth-order valence-corrected chi connectivity index (χ4v) is 2.61. The summed E-state index contributed by atoms with van der Waals surface area (Å²) >= 11 is 0. The molecule has 0 aliphatic carbocycles. The standard InChI is InChI=1S/C16H25N3O/c1-5-19-15-8-7-12(20-6-2)10-14(15)18-16(19)13(17)9-11(3)4/h7-8,10-11,13H,5-6,9,17H2,1-4H3. The Kier molecular flexibility index (Phi) is 4.65. The zero-order chi connectivity index (χ0) is 14.7. The lowest BCUT2D eigenvalue weighted by Gasteiger charge is -2.15. The number of rotatable bonds is 6. The Morgan fingerprint density at radius 3 is 2.65 bits per heavy atom. The minimum Gasteiger partial charge on any atom is -0.494 e. The van der Waals surface area contributed by atoms with Crippen LogP contribution in [0, 0.1) is 5.92 Å². The van der Waals surface area contributed by atoms with E-state index in [-0.39, 0.29) is 6.04 Å². The van der Waals surface area contributed by atoms with Crippen molar-refractivity contribution in [1.29, 1.82) is 0 Å². The van der Waals surface area contributed by atoms with E-state index >= 15 is 0 Å². The Morgan fingerprint density at radius 2 is 2.05 bits per heavy atom. The topological polar surface area (TPSA) is 53.1 Å². The van der Waals surface area contributed by atoms with Gasteiger partial charge in [-0.3, -0.25) is 0 Å². The number of ether oxygens (including phenoxy) is 1. The summed E-state index contributed by atoms with van der Waals surface area (Å²) in [6.45, 7) is 10.0. The molecular weight excluding hydrogens is 250 g/mol. The second kappa shape index (κ2) is 6.27. The summed E-state index contributed by atoms with van der Waals surface area (Å²) in [4.78, 5) is 4.74. The number of fused-ring (bicyclic) bond motifs is 1. The number of imidazole rings is 1. The third-order valence-corrected chi connectivity index (χ3v) is 3.43. The van der Waals surface area contributed by atoms with Crippen molar-refractivity contribution in [3.05, 3.63) is 24.0 Å². The zero-order valence-corrected chi connectivity index (χ0v) is 12.9. The van der Waals surface area contributed by atoms with E-state index in [0.29, 0.717) is 12.5 Å². The second-order valence-electron chi connectivity index (χ2n) is 5.53. The number of aryl methyl sites for hydroxylation is 1. The molecule has 1 aromatic heterocycles. The van der Waals surface area contributed by atoms with Gasteiger partial charge in [0.05, 0.1) is 23.7 Å². The molecule has 1 atom stereocenters. The van der Waals surface area contributed by atoms with Gasteiger partial charge in [0.1, 0.15) is 11.6 Å². The van der Waals surface area contributed by atoms with Crippen LogP contribution in [0.25, 0.3) is 11.0 Å². The summed E-state index contributed by atoms with van der Waals surface area (Å²) < 4.78 is 7.75. The molecule has 0 saturated heterocycles. The summed E-state index contributed by atoms with van der Waals surface area (Å²) in [5, 5.41) is 0. The Hall–Kier alpha value is -1.55. The fourth-order valence-electron chi connectivity index (χ4n) is 2.61. The summed E-state index contributed by atoms with van der Waals surface area (Å²) in [5.74, 6) is 2.41. The van der Waals surface area contributed by atoms with E-state index in [0.717, 1.165) is 35.6 Å². The molecule has 2 rings (SSSR count). The number of aromatic nitrogens is 2. The van der Waals surface area contributed by atoms with Gasteiger partial charge in [-0.15, -0.1) is 0 Å². The lowest BCUT2D eigenvalue weighted by atomic mass is 10.0. The van der Waals surface area contributed by atoms with Crippen LogP contribution in [0.15, 0.2) is 18.2 Å². The van der Waals surface area contributed by atoms with E-state index in [9.17, 15) is 0 Å². The van der Waals surface area contributed by atoms with Crippen molar-refractivity contribution in [2.24, 2.45) is 11.7 Å². The maximum absolute atomic E-state index is 6.32. The molecule has 0 fully saturated rings. The second-order valence-corrected chi connectivity index (χ2v) is 5.53. The zero-order valence-electron chi connectivity index (χ0n) is 12.9. The molecule has 2 aromatic rings. The van der Waals surface area contributed by atoms with Gasteiger partial charge in [0, 0.05) is 12.6 Å². The predicted molar refractivity (Wildman–Crippen MR) is 83.0 cm³/mol. The number of nitrogens with zero attached hydrogens (tertiary/aromatic N) is 2. The van der Waals surface area contributed by atoms with Crippen molar-refractivity contribution >= 4 is 11.0 Å². The number of hydrogen-bond donors (Lipinski definition) is 1. The first-order valence-electron chi connectivity index (χ1n) is 7.45. The molecule has 0 saturated carbocycles. The number of nitrogens with two attached hydrogens (primary N) is 1. The summed E-state index contributed by atoms with van der Waals surface area (Å²) in [6, 6.07) is 6.05. The molecule has 0 aliphatic heterocycles. The van der Waals surface area contributed by atoms with Crippen molar-refractivity contribution in [3.8, 4) is 5.75 Å². The lowest BCUT2D eigenvalue weighted by molar-refractivity contribution is 0.340. The molecule has 0 aliphatic rings. The largest absolute Gasteiger partial charge is 0.494 e. The third kappa shape index (κ3) is 2.96. The highest BCUT2D eigenvalue weighted by molar-refractivity contribution is 5.78. The molecule has 1 unspecified atom stereocenters. The molecule has 20 heavy (non-hydrogen) atoms. The summed E-state index contributed by atoms with van der Waals surface area (Å²) in [5.41, 5.74) is 8.41. The summed E-state index contributed by atoms with van der Waals surface area (Å²) in [7, 11) is 0. The van der Waals surface area contributed by atoms with Gasteiger partial charge in [0.2, 0.25) is 0 Å². The van der Waals surface area contributed by atoms with Crippen LogP contribution in [-0.4, -0.2) is 16.2 Å². The van der Waals surface area contributed by atoms with Gasteiger partial charge in [0.25, 0.3) is 0 Å². The quantitative estimate of drug-likeness (QED) is 0.877. The van der Waals surface area contributed by atoms with Crippen LogP contribution < -0.4 is 10.5 Å². The van der Waals surface area contributed by atoms with Crippen LogP contribution in [0.4, 0.5) is 0 Å².